The predicted molar refractivity (Wildman–Crippen MR) is 143 cm³/mol. The number of thiophene rings is 1. The number of hydrogen-bond donors (Lipinski definition) is 2. The van der Waals surface area contributed by atoms with Crippen molar-refractivity contribution in [1.82, 2.24) is 15.2 Å². The van der Waals surface area contributed by atoms with Crippen LogP contribution >= 0.6 is 48.6 Å². The van der Waals surface area contributed by atoms with Gasteiger partial charge in [-0.15, -0.1) is 48.6 Å². The number of hydrogen-bond acceptors (Lipinski definition) is 6. The maximum atomic E-state index is 5.12. The molecule has 2 N–H and O–H groups in total. The van der Waals surface area contributed by atoms with E-state index in [9.17, 15) is 0 Å². The zero-order valence-electron chi connectivity index (χ0n) is 17.8. The van der Waals surface area contributed by atoms with Crippen LogP contribution < -0.4 is 10.6 Å². The zero-order chi connectivity index (χ0) is 19.6. The lowest BCUT2D eigenvalue weighted by Crippen LogP contribution is -2.52. The van der Waals surface area contributed by atoms with E-state index in [4.69, 9.17) is 4.99 Å². The Morgan fingerprint density at radius 2 is 1.91 bits per heavy atom. The standard InChI is InChI=1S/C23H25N5S.3ClH/c1-16-14-19-22(26-20-7-2-3-8-21(20)27-23(19)29-16)28-13-12-25-18(15-28)10-9-17-6-4-5-11-24-17;;;/h2-8,11,14,18,25,27H,9-10,12-13,15H2,1H3;3*1H/t18-;;;/m0.../s1. The van der Waals surface area contributed by atoms with E-state index in [2.05, 4.69) is 69.9 Å². The number of fused-ring (bicyclic) bond motifs is 2. The Bertz CT molecular complexity index is 1040. The molecular weight excluding hydrogens is 485 g/mol. The molecular formula is C23H28Cl3N5S. The maximum Gasteiger partial charge on any atom is 0.139 e. The normalized spacial score (nSPS) is 16.6. The summed E-state index contributed by atoms with van der Waals surface area (Å²) >= 11 is 1.80. The Hall–Kier alpha value is -1.83. The van der Waals surface area contributed by atoms with E-state index >= 15 is 0 Å². The van der Waals surface area contributed by atoms with Crippen LogP contribution in [-0.4, -0.2) is 41.4 Å². The second-order valence-corrected chi connectivity index (χ2v) is 8.89. The fourth-order valence-electron chi connectivity index (χ4n) is 4.07. The molecule has 4 heterocycles. The zero-order valence-corrected chi connectivity index (χ0v) is 21.0. The second kappa shape index (κ2) is 11.9. The van der Waals surface area contributed by atoms with Crippen molar-refractivity contribution in [2.75, 3.05) is 25.0 Å². The highest BCUT2D eigenvalue weighted by molar-refractivity contribution is 7.16. The Kier molecular flexibility index (Phi) is 9.80. The largest absolute Gasteiger partial charge is 0.353 e. The van der Waals surface area contributed by atoms with Crippen molar-refractivity contribution in [3.05, 3.63) is 70.9 Å². The molecule has 2 aliphatic rings. The summed E-state index contributed by atoms with van der Waals surface area (Å²) in [6.07, 6.45) is 3.94. The van der Waals surface area contributed by atoms with Gasteiger partial charge in [0.25, 0.3) is 0 Å². The molecule has 32 heavy (non-hydrogen) atoms. The van der Waals surface area contributed by atoms with Crippen LogP contribution in [0, 0.1) is 6.92 Å². The fraction of sp³-hybridized carbons (Fsp3) is 0.304. The number of para-hydroxylation sites is 2. The Morgan fingerprint density at radius 3 is 2.72 bits per heavy atom. The first-order valence-electron chi connectivity index (χ1n) is 10.2. The van der Waals surface area contributed by atoms with E-state index in [1.165, 1.54) is 15.4 Å². The van der Waals surface area contributed by atoms with Gasteiger partial charge in [-0.25, -0.2) is 4.99 Å². The van der Waals surface area contributed by atoms with Crippen LogP contribution in [0.25, 0.3) is 0 Å². The molecule has 172 valence electrons. The predicted octanol–water partition coefficient (Wildman–Crippen LogP) is 5.76. The van der Waals surface area contributed by atoms with Gasteiger partial charge in [-0.1, -0.05) is 18.2 Å². The van der Waals surface area contributed by atoms with Crippen molar-refractivity contribution in [3.63, 3.8) is 0 Å². The molecule has 1 aromatic carbocycles. The van der Waals surface area contributed by atoms with E-state index in [0.29, 0.717) is 6.04 Å². The number of anilines is 2. The highest BCUT2D eigenvalue weighted by atomic mass is 35.5. The number of aliphatic imine (C=N–C) groups is 1. The minimum Gasteiger partial charge on any atom is -0.353 e. The van der Waals surface area contributed by atoms with Gasteiger partial charge < -0.3 is 15.5 Å². The molecule has 1 atom stereocenters. The van der Waals surface area contributed by atoms with Gasteiger partial charge in [-0.05, 0) is 50.1 Å². The van der Waals surface area contributed by atoms with E-state index in [0.717, 1.165) is 55.4 Å². The maximum absolute atomic E-state index is 5.12. The number of rotatable bonds is 3. The van der Waals surface area contributed by atoms with Gasteiger partial charge >= 0.3 is 0 Å². The van der Waals surface area contributed by atoms with Crippen LogP contribution in [0.5, 0.6) is 0 Å². The van der Waals surface area contributed by atoms with Crippen molar-refractivity contribution in [3.8, 4) is 0 Å². The summed E-state index contributed by atoms with van der Waals surface area (Å²) in [5, 5.41) is 8.48. The molecule has 2 aromatic heterocycles. The van der Waals surface area contributed by atoms with Gasteiger partial charge in [0.15, 0.2) is 0 Å². The molecule has 0 radical (unpaired) electrons. The number of amidine groups is 1. The third-order valence-electron chi connectivity index (χ3n) is 5.50. The number of nitrogens with one attached hydrogen (secondary N) is 2. The number of benzene rings is 1. The van der Waals surface area contributed by atoms with Crippen LogP contribution in [0.3, 0.4) is 0 Å². The van der Waals surface area contributed by atoms with Crippen molar-refractivity contribution >= 4 is 70.8 Å². The smallest absolute Gasteiger partial charge is 0.139 e. The van der Waals surface area contributed by atoms with Gasteiger partial charge in [-0.2, -0.15) is 0 Å². The Balaban J connectivity index is 0.00000121. The molecule has 0 spiro atoms. The first kappa shape index (κ1) is 26.4. The van der Waals surface area contributed by atoms with Crippen molar-refractivity contribution in [2.45, 2.75) is 25.8 Å². The van der Waals surface area contributed by atoms with Gasteiger partial charge in [-0.3, -0.25) is 4.98 Å². The summed E-state index contributed by atoms with van der Waals surface area (Å²) < 4.78 is 0. The second-order valence-electron chi connectivity index (χ2n) is 7.63. The van der Waals surface area contributed by atoms with E-state index in [1.807, 2.05) is 12.3 Å². The molecule has 0 amide bonds. The van der Waals surface area contributed by atoms with Crippen molar-refractivity contribution in [1.29, 1.82) is 0 Å². The highest BCUT2D eigenvalue weighted by Gasteiger charge is 2.27. The van der Waals surface area contributed by atoms with Crippen LogP contribution in [0.2, 0.25) is 0 Å². The Morgan fingerprint density at radius 1 is 1.09 bits per heavy atom. The third-order valence-corrected chi connectivity index (χ3v) is 6.47. The molecule has 5 rings (SSSR count). The minimum atomic E-state index is 0. The number of nitrogens with zero attached hydrogens (tertiary/aromatic N) is 3. The molecule has 0 bridgehead atoms. The number of piperazine rings is 1. The van der Waals surface area contributed by atoms with Gasteiger partial charge in [0, 0.05) is 42.4 Å². The SMILES string of the molecule is Cc1cc2c(s1)Nc1ccccc1N=C2N1CCN[C@@H](CCc2ccccn2)C1.Cl.Cl.Cl. The molecule has 5 nitrogen and oxygen atoms in total. The molecule has 1 fully saturated rings. The van der Waals surface area contributed by atoms with E-state index < -0.39 is 0 Å². The van der Waals surface area contributed by atoms with E-state index in [-0.39, 0.29) is 37.2 Å². The lowest BCUT2D eigenvalue weighted by Gasteiger charge is -2.35. The number of pyridine rings is 1. The number of halogens is 3. The topological polar surface area (TPSA) is 52.6 Å². The minimum absolute atomic E-state index is 0. The molecule has 0 aliphatic carbocycles. The van der Waals surface area contributed by atoms with Gasteiger partial charge in [0.1, 0.15) is 10.8 Å². The molecule has 0 unspecified atom stereocenters. The molecule has 9 heteroatoms. The van der Waals surface area contributed by atoms with Gasteiger partial charge in [0.05, 0.1) is 16.9 Å². The van der Waals surface area contributed by atoms with Gasteiger partial charge in [0.2, 0.25) is 0 Å². The van der Waals surface area contributed by atoms with Crippen molar-refractivity contribution in [2.24, 2.45) is 4.99 Å². The molecule has 1 saturated heterocycles. The Labute approximate surface area is 212 Å². The number of aromatic nitrogens is 1. The number of aryl methyl sites for hydroxylation is 2. The summed E-state index contributed by atoms with van der Waals surface area (Å²) in [5.41, 5.74) is 4.46. The summed E-state index contributed by atoms with van der Waals surface area (Å²) in [6.45, 7) is 5.06. The molecule has 2 aliphatic heterocycles. The fourth-order valence-corrected chi connectivity index (χ4v) is 4.99. The lowest BCUT2D eigenvalue weighted by molar-refractivity contribution is 0.282. The van der Waals surface area contributed by atoms with Crippen LogP contribution in [0.1, 0.15) is 22.6 Å². The summed E-state index contributed by atoms with van der Waals surface area (Å²) in [7, 11) is 0. The van der Waals surface area contributed by atoms with E-state index in [1.54, 1.807) is 11.3 Å². The summed E-state index contributed by atoms with van der Waals surface area (Å²) in [5.74, 6) is 1.09. The summed E-state index contributed by atoms with van der Waals surface area (Å²) in [4.78, 5) is 13.3. The first-order chi connectivity index (χ1) is 14.3. The quantitative estimate of drug-likeness (QED) is 0.468. The first-order valence-corrected chi connectivity index (χ1v) is 11.0. The van der Waals surface area contributed by atoms with Crippen LogP contribution in [0.4, 0.5) is 16.4 Å². The van der Waals surface area contributed by atoms with Crippen molar-refractivity contribution < 1.29 is 0 Å². The molecule has 0 saturated carbocycles. The third kappa shape index (κ3) is 5.74. The average Bonchev–Trinajstić information content (AvgIpc) is 3.04. The lowest BCUT2D eigenvalue weighted by atomic mass is 10.1. The molecule has 3 aromatic rings. The van der Waals surface area contributed by atoms with Crippen LogP contribution in [0.15, 0.2) is 59.7 Å². The highest BCUT2D eigenvalue weighted by Crippen LogP contribution is 2.39. The monoisotopic (exact) mass is 511 g/mol. The van der Waals surface area contributed by atoms with Crippen LogP contribution in [-0.2, 0) is 6.42 Å². The average molecular weight is 513 g/mol. The summed E-state index contributed by atoms with van der Waals surface area (Å²) in [6, 6.07) is 17.2.